The highest BCUT2D eigenvalue weighted by Gasteiger charge is 2.12. The minimum atomic E-state index is -0.0348. The summed E-state index contributed by atoms with van der Waals surface area (Å²) in [7, 11) is 3.17. The SMILES string of the molecule is COc1ccc(CC(=O)NCCCc2nc3ccccc3n2CCOc2ccc(Cl)c(C)c2)cc1OC. The molecular weight excluding hydrogens is 490 g/mol. The molecule has 1 heterocycles. The normalized spacial score (nSPS) is 10.9. The lowest BCUT2D eigenvalue weighted by Crippen LogP contribution is -2.26. The van der Waals surface area contributed by atoms with Gasteiger partial charge in [-0.2, -0.15) is 0 Å². The van der Waals surface area contributed by atoms with Crippen LogP contribution < -0.4 is 19.5 Å². The predicted molar refractivity (Wildman–Crippen MR) is 146 cm³/mol. The van der Waals surface area contributed by atoms with E-state index in [4.69, 9.17) is 30.8 Å². The Morgan fingerprint density at radius 1 is 1.03 bits per heavy atom. The summed E-state index contributed by atoms with van der Waals surface area (Å²) in [6.07, 6.45) is 1.80. The molecular formula is C29H32ClN3O4. The van der Waals surface area contributed by atoms with Gasteiger partial charge in [-0.05, 0) is 66.9 Å². The number of ether oxygens (including phenoxy) is 3. The number of carbonyl (C=O) groups excluding carboxylic acids is 1. The van der Waals surface area contributed by atoms with Gasteiger partial charge in [-0.1, -0.05) is 29.8 Å². The number of imidazole rings is 1. The number of carbonyl (C=O) groups is 1. The van der Waals surface area contributed by atoms with Gasteiger partial charge in [0.2, 0.25) is 5.91 Å². The highest BCUT2D eigenvalue weighted by molar-refractivity contribution is 6.31. The maximum atomic E-state index is 12.5. The minimum absolute atomic E-state index is 0.0348. The fourth-order valence-corrected chi connectivity index (χ4v) is 4.36. The second-order valence-electron chi connectivity index (χ2n) is 8.75. The minimum Gasteiger partial charge on any atom is -0.493 e. The Morgan fingerprint density at radius 2 is 1.84 bits per heavy atom. The number of para-hydroxylation sites is 2. The van der Waals surface area contributed by atoms with E-state index in [-0.39, 0.29) is 12.3 Å². The van der Waals surface area contributed by atoms with Crippen molar-refractivity contribution in [2.45, 2.75) is 32.7 Å². The first-order valence-electron chi connectivity index (χ1n) is 12.3. The van der Waals surface area contributed by atoms with Crippen LogP contribution in [0.1, 0.15) is 23.4 Å². The van der Waals surface area contributed by atoms with E-state index in [1.54, 1.807) is 14.2 Å². The van der Waals surface area contributed by atoms with E-state index >= 15 is 0 Å². The zero-order chi connectivity index (χ0) is 26.2. The van der Waals surface area contributed by atoms with Crippen LogP contribution in [0.3, 0.4) is 0 Å². The van der Waals surface area contributed by atoms with Crippen LogP contribution >= 0.6 is 11.6 Å². The maximum absolute atomic E-state index is 12.5. The molecule has 37 heavy (non-hydrogen) atoms. The lowest BCUT2D eigenvalue weighted by Gasteiger charge is -2.12. The van der Waals surface area contributed by atoms with Gasteiger partial charge in [-0.25, -0.2) is 4.98 Å². The van der Waals surface area contributed by atoms with Crippen molar-refractivity contribution < 1.29 is 19.0 Å². The first-order valence-corrected chi connectivity index (χ1v) is 12.7. The third-order valence-electron chi connectivity index (χ3n) is 6.16. The standard InChI is InChI=1S/C29H32ClN3O4/c1-20-17-22(11-12-23(20)30)37-16-15-33-25-8-5-4-7-24(25)32-28(33)9-6-14-31-29(34)19-21-10-13-26(35-2)27(18-21)36-3/h4-5,7-8,10-13,17-18H,6,9,14-16,19H2,1-3H3,(H,31,34). The van der Waals surface area contributed by atoms with E-state index in [0.29, 0.717) is 31.2 Å². The average Bonchev–Trinajstić information content (AvgIpc) is 3.26. The van der Waals surface area contributed by atoms with Crippen LogP contribution in [0.4, 0.5) is 0 Å². The van der Waals surface area contributed by atoms with Gasteiger partial charge in [0, 0.05) is 18.0 Å². The number of halogens is 1. The number of hydrogen-bond donors (Lipinski definition) is 1. The van der Waals surface area contributed by atoms with Crippen molar-refractivity contribution in [3.8, 4) is 17.2 Å². The summed E-state index contributed by atoms with van der Waals surface area (Å²) < 4.78 is 18.8. The van der Waals surface area contributed by atoms with Gasteiger partial charge < -0.3 is 24.1 Å². The Balaban J connectivity index is 1.32. The number of rotatable bonds is 12. The topological polar surface area (TPSA) is 74.6 Å². The van der Waals surface area contributed by atoms with Crippen molar-refractivity contribution in [3.05, 3.63) is 82.6 Å². The van der Waals surface area contributed by atoms with Crippen molar-refractivity contribution in [1.82, 2.24) is 14.9 Å². The van der Waals surface area contributed by atoms with Crippen molar-refractivity contribution in [1.29, 1.82) is 0 Å². The fourth-order valence-electron chi connectivity index (χ4n) is 4.24. The molecule has 0 saturated heterocycles. The second-order valence-corrected chi connectivity index (χ2v) is 9.15. The summed E-state index contributed by atoms with van der Waals surface area (Å²) in [4.78, 5) is 17.3. The summed E-state index contributed by atoms with van der Waals surface area (Å²) in [6, 6.07) is 19.3. The highest BCUT2D eigenvalue weighted by Crippen LogP contribution is 2.27. The number of fused-ring (bicyclic) bond motifs is 1. The van der Waals surface area contributed by atoms with Gasteiger partial charge in [0.1, 0.15) is 18.2 Å². The quantitative estimate of drug-likeness (QED) is 0.253. The van der Waals surface area contributed by atoms with Crippen molar-refractivity contribution in [3.63, 3.8) is 0 Å². The molecule has 0 atom stereocenters. The monoisotopic (exact) mass is 521 g/mol. The molecule has 7 nitrogen and oxygen atoms in total. The number of hydrogen-bond acceptors (Lipinski definition) is 5. The molecule has 0 unspecified atom stereocenters. The van der Waals surface area contributed by atoms with Gasteiger partial charge in [-0.3, -0.25) is 4.79 Å². The Bertz CT molecular complexity index is 1370. The number of benzene rings is 3. The molecule has 0 fully saturated rings. The fraction of sp³-hybridized carbons (Fsp3) is 0.310. The molecule has 0 aliphatic rings. The van der Waals surface area contributed by atoms with Crippen LogP contribution in [0.15, 0.2) is 60.7 Å². The van der Waals surface area contributed by atoms with Gasteiger partial charge in [-0.15, -0.1) is 0 Å². The highest BCUT2D eigenvalue weighted by atomic mass is 35.5. The van der Waals surface area contributed by atoms with E-state index in [1.165, 1.54) is 0 Å². The molecule has 3 aromatic carbocycles. The van der Waals surface area contributed by atoms with Crippen molar-refractivity contribution >= 4 is 28.5 Å². The zero-order valence-corrected chi connectivity index (χ0v) is 22.2. The van der Waals surface area contributed by atoms with Gasteiger partial charge in [0.05, 0.1) is 38.2 Å². The van der Waals surface area contributed by atoms with Crippen molar-refractivity contribution in [2.75, 3.05) is 27.4 Å². The molecule has 194 valence electrons. The Kier molecular flexibility index (Phi) is 8.90. The van der Waals surface area contributed by atoms with E-state index in [2.05, 4.69) is 16.0 Å². The Labute approximate surface area is 222 Å². The van der Waals surface area contributed by atoms with Crippen LogP contribution in [0.5, 0.6) is 17.2 Å². The molecule has 4 rings (SSSR count). The van der Waals surface area contributed by atoms with Crippen LogP contribution in [0.25, 0.3) is 11.0 Å². The van der Waals surface area contributed by atoms with Crippen LogP contribution in [0.2, 0.25) is 5.02 Å². The van der Waals surface area contributed by atoms with Gasteiger partial charge >= 0.3 is 0 Å². The lowest BCUT2D eigenvalue weighted by atomic mass is 10.1. The number of methoxy groups -OCH3 is 2. The van der Waals surface area contributed by atoms with Crippen LogP contribution in [0, 0.1) is 6.92 Å². The number of nitrogens with zero attached hydrogens (tertiary/aromatic N) is 2. The Morgan fingerprint density at radius 3 is 2.62 bits per heavy atom. The van der Waals surface area contributed by atoms with E-state index in [1.807, 2.05) is 61.5 Å². The average molecular weight is 522 g/mol. The second kappa shape index (κ2) is 12.5. The third kappa shape index (κ3) is 6.74. The maximum Gasteiger partial charge on any atom is 0.224 e. The summed E-state index contributed by atoms with van der Waals surface area (Å²) in [5, 5.41) is 3.74. The lowest BCUT2D eigenvalue weighted by molar-refractivity contribution is -0.120. The van der Waals surface area contributed by atoms with Crippen LogP contribution in [-0.4, -0.2) is 42.8 Å². The summed E-state index contributed by atoms with van der Waals surface area (Å²) >= 11 is 6.12. The first-order chi connectivity index (χ1) is 18.0. The number of aromatic nitrogens is 2. The van der Waals surface area contributed by atoms with E-state index in [0.717, 1.165) is 51.6 Å². The molecule has 0 spiro atoms. The molecule has 4 aromatic rings. The number of nitrogens with one attached hydrogen (secondary N) is 1. The first kappa shape index (κ1) is 26.4. The molecule has 0 aliphatic heterocycles. The summed E-state index contributed by atoms with van der Waals surface area (Å²) in [6.45, 7) is 3.71. The Hall–Kier alpha value is -3.71. The summed E-state index contributed by atoms with van der Waals surface area (Å²) in [5.74, 6) is 2.99. The third-order valence-corrected chi connectivity index (χ3v) is 6.58. The van der Waals surface area contributed by atoms with Crippen LogP contribution in [-0.2, 0) is 24.2 Å². The molecule has 1 N–H and O–H groups in total. The molecule has 8 heteroatoms. The van der Waals surface area contributed by atoms with E-state index in [9.17, 15) is 4.79 Å². The molecule has 0 saturated carbocycles. The van der Waals surface area contributed by atoms with Gasteiger partial charge in [0.25, 0.3) is 0 Å². The number of aryl methyl sites for hydroxylation is 2. The largest absolute Gasteiger partial charge is 0.493 e. The molecule has 1 aromatic heterocycles. The number of amides is 1. The molecule has 0 bridgehead atoms. The van der Waals surface area contributed by atoms with Crippen molar-refractivity contribution in [2.24, 2.45) is 0 Å². The van der Waals surface area contributed by atoms with E-state index < -0.39 is 0 Å². The zero-order valence-electron chi connectivity index (χ0n) is 21.4. The molecule has 1 amide bonds. The summed E-state index contributed by atoms with van der Waals surface area (Å²) in [5.41, 5.74) is 3.89. The molecule has 0 aliphatic carbocycles. The van der Waals surface area contributed by atoms with Gasteiger partial charge in [0.15, 0.2) is 11.5 Å². The predicted octanol–water partition coefficient (Wildman–Crippen LogP) is 5.39. The smallest absolute Gasteiger partial charge is 0.224 e. The molecule has 0 radical (unpaired) electrons.